The number of likely N-dealkylation sites (tertiary alicyclic amines) is 1. The second-order valence-corrected chi connectivity index (χ2v) is 19.9. The molecule has 1 unspecified atom stereocenters. The SMILES string of the molecule is CCOC(=O)c1cnc(Nc2cnn(C)c2)nc1NC1CCC(N2CCN(C(=O)C3CCC(C(=O)N4CCC(CN5CCN(c6ccc(C7CCC(=O)NC7=O)cc6)CC5)CC4)CC3)CC2)CC1. The molecule has 1 atom stereocenters. The van der Waals surface area contributed by atoms with Crippen molar-refractivity contribution in [2.45, 2.75) is 102 Å². The molecule has 9 rings (SSSR count). The zero-order valence-corrected chi connectivity index (χ0v) is 40.0. The van der Waals surface area contributed by atoms with Gasteiger partial charge < -0.3 is 30.1 Å². The summed E-state index contributed by atoms with van der Waals surface area (Å²) in [7, 11) is 1.84. The van der Waals surface area contributed by atoms with E-state index in [0.717, 1.165) is 147 Å². The normalized spacial score (nSPS) is 25.7. The minimum Gasteiger partial charge on any atom is -0.462 e. The summed E-state index contributed by atoms with van der Waals surface area (Å²) in [6, 6.07) is 8.90. The van der Waals surface area contributed by atoms with Gasteiger partial charge in [-0.15, -0.1) is 0 Å². The third-order valence-corrected chi connectivity index (χ3v) is 15.6. The minimum absolute atomic E-state index is 0.0110. The second-order valence-electron chi connectivity index (χ2n) is 19.9. The van der Waals surface area contributed by atoms with Gasteiger partial charge in [0.1, 0.15) is 11.4 Å². The molecule has 366 valence electrons. The lowest BCUT2D eigenvalue weighted by molar-refractivity contribution is -0.143. The average Bonchev–Trinajstić information content (AvgIpc) is 3.78. The van der Waals surface area contributed by atoms with Crippen molar-refractivity contribution < 1.29 is 28.7 Å². The summed E-state index contributed by atoms with van der Waals surface area (Å²) in [6.45, 7) is 12.0. The monoisotopic (exact) mass is 935 g/mol. The summed E-state index contributed by atoms with van der Waals surface area (Å²) in [5.74, 6) is 0.949. The molecule has 0 spiro atoms. The second kappa shape index (κ2) is 21.8. The van der Waals surface area contributed by atoms with Gasteiger partial charge in [0.2, 0.25) is 29.6 Å². The van der Waals surface area contributed by atoms with E-state index in [0.29, 0.717) is 48.0 Å². The first-order valence-electron chi connectivity index (χ1n) is 25.4. The van der Waals surface area contributed by atoms with Crippen LogP contribution in [0, 0.1) is 17.8 Å². The summed E-state index contributed by atoms with van der Waals surface area (Å²) in [6.07, 6.45) is 15.2. The predicted octanol–water partition coefficient (Wildman–Crippen LogP) is 4.39. The highest BCUT2D eigenvalue weighted by atomic mass is 16.5. The molecule has 2 aliphatic carbocycles. The lowest BCUT2D eigenvalue weighted by Gasteiger charge is -2.43. The number of carbonyl (C=O) groups excluding carboxylic acids is 5. The summed E-state index contributed by atoms with van der Waals surface area (Å²) in [5.41, 5.74) is 3.21. The van der Waals surface area contributed by atoms with Crippen LogP contribution < -0.4 is 20.9 Å². The summed E-state index contributed by atoms with van der Waals surface area (Å²) in [5, 5.41) is 13.4. The summed E-state index contributed by atoms with van der Waals surface area (Å²) < 4.78 is 7.00. The summed E-state index contributed by atoms with van der Waals surface area (Å²) in [4.78, 5) is 84.9. The maximum absolute atomic E-state index is 13.8. The van der Waals surface area contributed by atoms with Crippen LogP contribution in [-0.2, 0) is 31.0 Å². The van der Waals surface area contributed by atoms with Crippen molar-refractivity contribution >= 4 is 52.7 Å². The molecule has 18 nitrogen and oxygen atoms in total. The standard InChI is InChI=1S/C50H70N12O6/c1-3-68-49(67)43-31-51-50(54-39-30-52-57(2)33-39)56-45(43)53-38-10-14-41(15-11-38)60-26-28-62(29-27-60)48(66)37-6-4-36(5-7-37)47(65)61-20-18-34(19-21-61)32-58-22-24-59(25-23-58)40-12-8-35(9-13-40)42-16-17-44(63)55-46(42)64/h8-9,12-13,30-31,33-34,36-38,41-42H,3-7,10-11,14-29,32H2,1-2H3,(H,55,63,64)(H2,51,53,54,56). The van der Waals surface area contributed by atoms with E-state index < -0.39 is 5.97 Å². The Morgan fingerprint density at radius 1 is 0.765 bits per heavy atom. The van der Waals surface area contributed by atoms with Crippen molar-refractivity contribution in [3.63, 3.8) is 0 Å². The van der Waals surface area contributed by atoms with E-state index in [1.807, 2.05) is 25.4 Å². The van der Waals surface area contributed by atoms with Crippen LogP contribution in [0.15, 0.2) is 42.9 Å². The molecule has 4 saturated heterocycles. The zero-order chi connectivity index (χ0) is 47.1. The van der Waals surface area contributed by atoms with Crippen LogP contribution in [0.2, 0.25) is 0 Å². The Balaban J connectivity index is 0.652. The fourth-order valence-corrected chi connectivity index (χ4v) is 11.5. The molecule has 1 aromatic carbocycles. The number of imide groups is 1. The Morgan fingerprint density at radius 3 is 2.04 bits per heavy atom. The highest BCUT2D eigenvalue weighted by Crippen LogP contribution is 2.34. The number of ether oxygens (including phenoxy) is 1. The number of hydrogen-bond donors (Lipinski definition) is 3. The van der Waals surface area contributed by atoms with Gasteiger partial charge in [0.15, 0.2) is 0 Å². The number of piperazine rings is 2. The van der Waals surface area contributed by atoms with E-state index in [-0.39, 0.29) is 48.1 Å². The molecule has 0 bridgehead atoms. The van der Waals surface area contributed by atoms with Gasteiger partial charge in [-0.1, -0.05) is 12.1 Å². The number of anilines is 4. The van der Waals surface area contributed by atoms with Gasteiger partial charge in [-0.2, -0.15) is 10.1 Å². The van der Waals surface area contributed by atoms with Crippen molar-refractivity contribution in [2.24, 2.45) is 24.8 Å². The average molecular weight is 935 g/mol. The minimum atomic E-state index is -0.451. The number of aryl methyl sites for hydroxylation is 1. The van der Waals surface area contributed by atoms with E-state index >= 15 is 0 Å². The first-order chi connectivity index (χ1) is 33.1. The van der Waals surface area contributed by atoms with Crippen molar-refractivity contribution in [1.29, 1.82) is 0 Å². The molecule has 3 aromatic rings. The number of amides is 4. The van der Waals surface area contributed by atoms with Crippen molar-refractivity contribution in [1.82, 2.24) is 44.7 Å². The third-order valence-electron chi connectivity index (χ3n) is 15.6. The van der Waals surface area contributed by atoms with Crippen molar-refractivity contribution in [2.75, 3.05) is 94.1 Å². The lowest BCUT2D eigenvalue weighted by atomic mass is 9.80. The Kier molecular flexibility index (Phi) is 15.2. The molecular weight excluding hydrogens is 865 g/mol. The van der Waals surface area contributed by atoms with Gasteiger partial charge in [0, 0.05) is 127 Å². The number of rotatable bonds is 13. The molecule has 0 radical (unpaired) electrons. The first-order valence-corrected chi connectivity index (χ1v) is 25.4. The van der Waals surface area contributed by atoms with Crippen LogP contribution in [0.4, 0.5) is 23.1 Å². The molecule has 6 heterocycles. The van der Waals surface area contributed by atoms with E-state index in [1.165, 1.54) is 11.9 Å². The van der Waals surface area contributed by atoms with Crippen molar-refractivity contribution in [3.8, 4) is 0 Å². The predicted molar refractivity (Wildman–Crippen MR) is 257 cm³/mol. The van der Waals surface area contributed by atoms with Gasteiger partial charge in [-0.05, 0) is 101 Å². The van der Waals surface area contributed by atoms with Gasteiger partial charge in [-0.3, -0.25) is 39.0 Å². The fourth-order valence-electron chi connectivity index (χ4n) is 11.5. The number of hydrogen-bond acceptors (Lipinski definition) is 14. The largest absolute Gasteiger partial charge is 0.462 e. The fraction of sp³-hybridized carbons (Fsp3) is 0.640. The summed E-state index contributed by atoms with van der Waals surface area (Å²) >= 11 is 0. The molecule has 4 aliphatic heterocycles. The molecule has 3 N–H and O–H groups in total. The third kappa shape index (κ3) is 11.4. The van der Waals surface area contributed by atoms with E-state index in [4.69, 9.17) is 4.74 Å². The molecule has 4 amide bonds. The Hall–Kier alpha value is -5.62. The molecule has 2 saturated carbocycles. The van der Waals surface area contributed by atoms with Gasteiger partial charge in [0.05, 0.1) is 24.4 Å². The van der Waals surface area contributed by atoms with Crippen LogP contribution in [0.5, 0.6) is 0 Å². The molecule has 18 heteroatoms. The maximum Gasteiger partial charge on any atom is 0.343 e. The molecule has 6 aliphatic rings. The van der Waals surface area contributed by atoms with Crippen LogP contribution in [0.1, 0.15) is 106 Å². The first kappa shape index (κ1) is 47.4. The molecular formula is C50H70N12O6. The van der Waals surface area contributed by atoms with Crippen molar-refractivity contribution in [3.05, 3.63) is 54.0 Å². The number of piperidine rings is 2. The maximum atomic E-state index is 13.8. The molecule has 2 aromatic heterocycles. The number of benzene rings is 1. The number of nitrogens with one attached hydrogen (secondary N) is 3. The quantitative estimate of drug-likeness (QED) is 0.162. The Labute approximate surface area is 399 Å². The number of carbonyl (C=O) groups is 5. The number of aromatic nitrogens is 4. The van der Waals surface area contributed by atoms with E-state index in [9.17, 15) is 24.0 Å². The topological polar surface area (TPSA) is 190 Å². The van der Waals surface area contributed by atoms with Gasteiger partial charge in [-0.25, -0.2) is 9.78 Å². The highest BCUT2D eigenvalue weighted by molar-refractivity contribution is 6.01. The van der Waals surface area contributed by atoms with E-state index in [2.05, 4.69) is 67.6 Å². The van der Waals surface area contributed by atoms with Crippen LogP contribution >= 0.6 is 0 Å². The highest BCUT2D eigenvalue weighted by Gasteiger charge is 2.37. The molecule has 68 heavy (non-hydrogen) atoms. The van der Waals surface area contributed by atoms with Crippen LogP contribution in [0.3, 0.4) is 0 Å². The number of nitrogens with zero attached hydrogens (tertiary/aromatic N) is 9. The Morgan fingerprint density at radius 2 is 1.43 bits per heavy atom. The van der Waals surface area contributed by atoms with Gasteiger partial charge >= 0.3 is 5.97 Å². The van der Waals surface area contributed by atoms with Crippen LogP contribution in [-0.4, -0.2) is 160 Å². The van der Waals surface area contributed by atoms with E-state index in [1.54, 1.807) is 17.8 Å². The zero-order valence-electron chi connectivity index (χ0n) is 40.0. The smallest absolute Gasteiger partial charge is 0.343 e. The van der Waals surface area contributed by atoms with Gasteiger partial charge in [0.25, 0.3) is 0 Å². The van der Waals surface area contributed by atoms with Crippen LogP contribution in [0.25, 0.3) is 0 Å². The lowest BCUT2D eigenvalue weighted by Crippen LogP contribution is -2.54. The molecule has 6 fully saturated rings. The Bertz CT molecular complexity index is 2230. The number of esters is 1.